The maximum absolute atomic E-state index is 11.4. The smallest absolute Gasteiger partial charge is 0.282 e. The lowest BCUT2D eigenvalue weighted by Gasteiger charge is -2.10. The molecule has 0 bridgehead atoms. The first-order valence-electron chi connectivity index (χ1n) is 4.00. The van der Waals surface area contributed by atoms with Gasteiger partial charge in [0.2, 0.25) is 0 Å². The molecule has 0 saturated heterocycles. The minimum atomic E-state index is -0.134. The molecule has 5 heteroatoms. The molecule has 1 aromatic rings. The van der Waals surface area contributed by atoms with E-state index in [9.17, 15) is 4.79 Å². The van der Waals surface area contributed by atoms with E-state index in [-0.39, 0.29) is 11.6 Å². The Hall–Kier alpha value is -0.840. The van der Waals surface area contributed by atoms with Crippen LogP contribution in [0.3, 0.4) is 0 Å². The standard InChI is InChI=1S/C8H12BrN3O/c1-5(2)11-6-4-10-12(3)8(13)7(6)9/h4-5,11H,1-3H3. The van der Waals surface area contributed by atoms with Crippen molar-refractivity contribution in [2.45, 2.75) is 19.9 Å². The van der Waals surface area contributed by atoms with Gasteiger partial charge in [-0.15, -0.1) is 0 Å². The number of anilines is 1. The molecular formula is C8H12BrN3O. The molecule has 0 saturated carbocycles. The number of halogens is 1. The summed E-state index contributed by atoms with van der Waals surface area (Å²) in [5, 5.41) is 7.02. The Morgan fingerprint density at radius 3 is 2.77 bits per heavy atom. The van der Waals surface area contributed by atoms with Crippen LogP contribution in [0.4, 0.5) is 5.69 Å². The fraction of sp³-hybridized carbons (Fsp3) is 0.500. The molecule has 4 nitrogen and oxygen atoms in total. The molecule has 72 valence electrons. The first-order valence-corrected chi connectivity index (χ1v) is 4.80. The Kier molecular flexibility index (Phi) is 3.08. The summed E-state index contributed by atoms with van der Waals surface area (Å²) in [5.41, 5.74) is 0.601. The van der Waals surface area contributed by atoms with Crippen LogP contribution in [0.5, 0.6) is 0 Å². The van der Waals surface area contributed by atoms with E-state index in [1.165, 1.54) is 4.68 Å². The SMILES string of the molecule is CC(C)Nc1cnn(C)c(=O)c1Br. The molecule has 0 aliphatic heterocycles. The second-order valence-corrected chi connectivity index (χ2v) is 3.89. The van der Waals surface area contributed by atoms with Crippen molar-refractivity contribution in [3.63, 3.8) is 0 Å². The first-order chi connectivity index (χ1) is 6.02. The Balaban J connectivity index is 3.11. The zero-order valence-corrected chi connectivity index (χ0v) is 9.42. The Labute approximate surface area is 85.1 Å². The highest BCUT2D eigenvalue weighted by Gasteiger charge is 2.06. The van der Waals surface area contributed by atoms with Gasteiger partial charge in [-0.05, 0) is 29.8 Å². The van der Waals surface area contributed by atoms with Crippen LogP contribution in [-0.4, -0.2) is 15.8 Å². The summed E-state index contributed by atoms with van der Waals surface area (Å²) in [5.74, 6) is 0. The van der Waals surface area contributed by atoms with E-state index in [2.05, 4.69) is 26.3 Å². The third-order valence-electron chi connectivity index (χ3n) is 1.52. The summed E-state index contributed by atoms with van der Waals surface area (Å²) in [6.07, 6.45) is 1.63. The summed E-state index contributed by atoms with van der Waals surface area (Å²) in [7, 11) is 1.62. The predicted octanol–water partition coefficient (Wildman–Crippen LogP) is 1.36. The van der Waals surface area contributed by atoms with E-state index < -0.39 is 0 Å². The van der Waals surface area contributed by atoms with Crippen molar-refractivity contribution in [2.75, 3.05) is 5.32 Å². The van der Waals surface area contributed by atoms with Gasteiger partial charge in [0.05, 0.1) is 11.9 Å². The van der Waals surface area contributed by atoms with E-state index >= 15 is 0 Å². The van der Waals surface area contributed by atoms with E-state index in [0.717, 1.165) is 5.69 Å². The highest BCUT2D eigenvalue weighted by Crippen LogP contribution is 2.16. The lowest BCUT2D eigenvalue weighted by Crippen LogP contribution is -2.22. The van der Waals surface area contributed by atoms with Gasteiger partial charge in [0.25, 0.3) is 5.56 Å². The van der Waals surface area contributed by atoms with Crippen molar-refractivity contribution in [3.05, 3.63) is 21.0 Å². The number of nitrogens with zero attached hydrogens (tertiary/aromatic N) is 2. The summed E-state index contributed by atoms with van der Waals surface area (Å²) >= 11 is 3.22. The summed E-state index contributed by atoms with van der Waals surface area (Å²) < 4.78 is 1.81. The number of rotatable bonds is 2. The lowest BCUT2D eigenvalue weighted by atomic mass is 10.3. The van der Waals surface area contributed by atoms with Gasteiger partial charge in [-0.1, -0.05) is 0 Å². The van der Waals surface area contributed by atoms with Crippen molar-refractivity contribution < 1.29 is 0 Å². The predicted molar refractivity (Wildman–Crippen MR) is 55.9 cm³/mol. The van der Waals surface area contributed by atoms with Crippen LogP contribution in [0.25, 0.3) is 0 Å². The Morgan fingerprint density at radius 2 is 2.23 bits per heavy atom. The molecule has 0 aromatic carbocycles. The Morgan fingerprint density at radius 1 is 1.62 bits per heavy atom. The maximum Gasteiger partial charge on any atom is 0.282 e. The topological polar surface area (TPSA) is 46.9 Å². The average Bonchev–Trinajstić information content (AvgIpc) is 2.06. The van der Waals surface area contributed by atoms with Crippen LogP contribution in [0.1, 0.15) is 13.8 Å². The normalized spacial score (nSPS) is 10.5. The van der Waals surface area contributed by atoms with Gasteiger partial charge in [0, 0.05) is 13.1 Å². The van der Waals surface area contributed by atoms with Crippen LogP contribution >= 0.6 is 15.9 Å². The van der Waals surface area contributed by atoms with Crippen LogP contribution in [0, 0.1) is 0 Å². The average molecular weight is 246 g/mol. The van der Waals surface area contributed by atoms with Gasteiger partial charge in [-0.25, -0.2) is 4.68 Å². The largest absolute Gasteiger partial charge is 0.380 e. The monoisotopic (exact) mass is 245 g/mol. The van der Waals surface area contributed by atoms with Gasteiger partial charge >= 0.3 is 0 Å². The molecule has 1 N–H and O–H groups in total. The molecular weight excluding hydrogens is 234 g/mol. The van der Waals surface area contributed by atoms with Gasteiger partial charge < -0.3 is 5.32 Å². The lowest BCUT2D eigenvalue weighted by molar-refractivity contribution is 0.701. The second kappa shape index (κ2) is 3.91. The number of hydrogen-bond acceptors (Lipinski definition) is 3. The molecule has 0 spiro atoms. The molecule has 1 rings (SSSR count). The fourth-order valence-corrected chi connectivity index (χ4v) is 1.40. The molecule has 0 amide bonds. The quantitative estimate of drug-likeness (QED) is 0.857. The van der Waals surface area contributed by atoms with E-state index in [1.807, 2.05) is 13.8 Å². The fourth-order valence-electron chi connectivity index (χ4n) is 0.922. The summed E-state index contributed by atoms with van der Waals surface area (Å²) in [4.78, 5) is 11.4. The molecule has 13 heavy (non-hydrogen) atoms. The van der Waals surface area contributed by atoms with Crippen molar-refractivity contribution in [3.8, 4) is 0 Å². The molecule has 0 radical (unpaired) electrons. The van der Waals surface area contributed by atoms with Crippen molar-refractivity contribution in [1.82, 2.24) is 9.78 Å². The molecule has 1 heterocycles. The van der Waals surface area contributed by atoms with Crippen LogP contribution in [0.2, 0.25) is 0 Å². The van der Waals surface area contributed by atoms with Crippen LogP contribution < -0.4 is 10.9 Å². The number of nitrogens with one attached hydrogen (secondary N) is 1. The van der Waals surface area contributed by atoms with Crippen LogP contribution in [-0.2, 0) is 7.05 Å². The van der Waals surface area contributed by atoms with E-state index in [0.29, 0.717) is 4.47 Å². The molecule has 1 aromatic heterocycles. The van der Waals surface area contributed by atoms with Gasteiger partial charge in [-0.2, -0.15) is 5.10 Å². The summed E-state index contributed by atoms with van der Waals surface area (Å²) in [6.45, 7) is 4.01. The number of aromatic nitrogens is 2. The molecule has 0 aliphatic carbocycles. The molecule has 0 aliphatic rings. The number of aryl methyl sites for hydroxylation is 1. The highest BCUT2D eigenvalue weighted by atomic mass is 79.9. The van der Waals surface area contributed by atoms with Crippen molar-refractivity contribution >= 4 is 21.6 Å². The second-order valence-electron chi connectivity index (χ2n) is 3.10. The van der Waals surface area contributed by atoms with Gasteiger partial charge in [0.15, 0.2) is 0 Å². The van der Waals surface area contributed by atoms with E-state index in [1.54, 1.807) is 13.2 Å². The van der Waals surface area contributed by atoms with Crippen molar-refractivity contribution in [1.29, 1.82) is 0 Å². The summed E-state index contributed by atoms with van der Waals surface area (Å²) in [6, 6.07) is 0.283. The zero-order chi connectivity index (χ0) is 10.0. The van der Waals surface area contributed by atoms with Crippen LogP contribution in [0.15, 0.2) is 15.5 Å². The minimum Gasteiger partial charge on any atom is -0.380 e. The minimum absolute atomic E-state index is 0.134. The third-order valence-corrected chi connectivity index (χ3v) is 2.29. The third kappa shape index (κ3) is 2.30. The molecule has 0 unspecified atom stereocenters. The Bertz CT molecular complexity index is 359. The van der Waals surface area contributed by atoms with Gasteiger partial charge in [0.1, 0.15) is 4.47 Å². The molecule has 0 atom stereocenters. The van der Waals surface area contributed by atoms with E-state index in [4.69, 9.17) is 0 Å². The highest BCUT2D eigenvalue weighted by molar-refractivity contribution is 9.10. The van der Waals surface area contributed by atoms with Crippen molar-refractivity contribution in [2.24, 2.45) is 7.05 Å². The zero-order valence-electron chi connectivity index (χ0n) is 7.84. The van der Waals surface area contributed by atoms with Gasteiger partial charge in [-0.3, -0.25) is 4.79 Å². The maximum atomic E-state index is 11.4. The molecule has 0 fully saturated rings. The number of hydrogen-bond donors (Lipinski definition) is 1. The first kappa shape index (κ1) is 10.2.